The predicted octanol–water partition coefficient (Wildman–Crippen LogP) is 3.94. The summed E-state index contributed by atoms with van der Waals surface area (Å²) in [5, 5.41) is 4.06. The molecule has 0 aliphatic heterocycles. The number of hydrogen-bond acceptors (Lipinski definition) is 4. The first kappa shape index (κ1) is 15.3. The van der Waals surface area contributed by atoms with Crippen LogP contribution in [0.1, 0.15) is 23.9 Å². The van der Waals surface area contributed by atoms with Gasteiger partial charge in [0.2, 0.25) is 0 Å². The van der Waals surface area contributed by atoms with Crippen LogP contribution in [0.4, 0.5) is 5.13 Å². The Hall–Kier alpha value is -1.59. The number of nitrogens with one attached hydrogen (secondary N) is 1. The van der Waals surface area contributed by atoms with Crippen molar-refractivity contribution in [2.75, 3.05) is 11.9 Å². The van der Waals surface area contributed by atoms with Gasteiger partial charge in [0, 0.05) is 9.90 Å². The van der Waals surface area contributed by atoms with E-state index in [1.54, 1.807) is 35.6 Å². The fourth-order valence-corrected chi connectivity index (χ4v) is 3.82. The minimum absolute atomic E-state index is 0.0546. The van der Waals surface area contributed by atoms with Gasteiger partial charge in [0.25, 0.3) is 5.91 Å². The van der Waals surface area contributed by atoms with Crippen LogP contribution in [-0.4, -0.2) is 17.5 Å². The Morgan fingerprint density at radius 1 is 1.55 bits per heavy atom. The largest absolute Gasteiger partial charge is 0.484 e. The van der Waals surface area contributed by atoms with Crippen LogP contribution < -0.4 is 10.1 Å². The number of anilines is 1. The molecule has 0 fully saturated rings. The summed E-state index contributed by atoms with van der Waals surface area (Å²) in [4.78, 5) is 17.7. The van der Waals surface area contributed by atoms with Crippen LogP contribution in [0.5, 0.6) is 5.75 Å². The highest BCUT2D eigenvalue weighted by Gasteiger charge is 2.20. The number of amides is 1. The van der Waals surface area contributed by atoms with Crippen molar-refractivity contribution in [3.05, 3.63) is 39.9 Å². The number of carbonyl (C=O) groups excluding carboxylic acids is 1. The average molecular weight is 337 g/mol. The Kier molecular flexibility index (Phi) is 4.64. The molecule has 1 aromatic carbocycles. The Labute approximate surface area is 138 Å². The van der Waals surface area contributed by atoms with Crippen molar-refractivity contribution >= 4 is 34.0 Å². The van der Waals surface area contributed by atoms with Crippen molar-refractivity contribution in [2.24, 2.45) is 5.92 Å². The number of aromatic nitrogens is 1. The van der Waals surface area contributed by atoms with Gasteiger partial charge in [-0.25, -0.2) is 4.98 Å². The molecule has 1 atom stereocenters. The maximum absolute atomic E-state index is 11.9. The minimum atomic E-state index is -0.209. The van der Waals surface area contributed by atoms with Gasteiger partial charge in [-0.3, -0.25) is 10.1 Å². The molecule has 3 rings (SSSR count). The lowest BCUT2D eigenvalue weighted by Crippen LogP contribution is -2.20. The number of aryl methyl sites for hydroxylation is 1. The fraction of sp³-hybridized carbons (Fsp3) is 0.375. The molecule has 2 aromatic rings. The number of rotatable bonds is 4. The van der Waals surface area contributed by atoms with Gasteiger partial charge in [-0.15, -0.1) is 11.3 Å². The first-order valence-corrected chi connectivity index (χ1v) is 8.46. The number of hydrogen-bond donors (Lipinski definition) is 1. The lowest BCUT2D eigenvalue weighted by molar-refractivity contribution is -0.118. The number of thiazole rings is 1. The van der Waals surface area contributed by atoms with E-state index in [0.717, 1.165) is 18.5 Å². The molecule has 4 nitrogen and oxygen atoms in total. The molecule has 6 heteroatoms. The third kappa shape index (κ3) is 3.78. The molecular formula is C16H17ClN2O2S. The normalized spacial score (nSPS) is 16.9. The zero-order chi connectivity index (χ0) is 15.5. The second-order valence-electron chi connectivity index (χ2n) is 5.53. The van der Waals surface area contributed by atoms with Gasteiger partial charge in [0.05, 0.1) is 5.69 Å². The van der Waals surface area contributed by atoms with E-state index in [-0.39, 0.29) is 12.5 Å². The van der Waals surface area contributed by atoms with E-state index >= 15 is 0 Å². The average Bonchev–Trinajstić information content (AvgIpc) is 2.86. The molecule has 1 heterocycles. The van der Waals surface area contributed by atoms with Crippen LogP contribution in [-0.2, 0) is 17.6 Å². The molecule has 0 bridgehead atoms. The summed E-state index contributed by atoms with van der Waals surface area (Å²) in [6.07, 6.45) is 3.23. The molecule has 0 spiro atoms. The van der Waals surface area contributed by atoms with Crippen molar-refractivity contribution in [3.8, 4) is 5.75 Å². The van der Waals surface area contributed by atoms with Gasteiger partial charge in [-0.05, 0) is 43.4 Å². The molecule has 116 valence electrons. The van der Waals surface area contributed by atoms with Crippen molar-refractivity contribution in [3.63, 3.8) is 0 Å². The molecule has 0 saturated heterocycles. The van der Waals surface area contributed by atoms with Crippen LogP contribution >= 0.6 is 22.9 Å². The van der Waals surface area contributed by atoms with Crippen LogP contribution in [0.2, 0.25) is 5.02 Å². The van der Waals surface area contributed by atoms with Crippen molar-refractivity contribution in [1.82, 2.24) is 4.98 Å². The summed E-state index contributed by atoms with van der Waals surface area (Å²) in [6.45, 7) is 2.20. The van der Waals surface area contributed by atoms with E-state index in [0.29, 0.717) is 21.8 Å². The number of nitrogens with zero attached hydrogens (tertiary/aromatic N) is 1. The minimum Gasteiger partial charge on any atom is -0.484 e. The molecule has 0 saturated carbocycles. The molecule has 1 N–H and O–H groups in total. The van der Waals surface area contributed by atoms with Gasteiger partial charge >= 0.3 is 0 Å². The van der Waals surface area contributed by atoms with Gasteiger partial charge in [-0.1, -0.05) is 24.6 Å². The van der Waals surface area contributed by atoms with Crippen molar-refractivity contribution in [2.45, 2.75) is 26.2 Å². The Balaban J connectivity index is 1.56. The molecule has 0 unspecified atom stereocenters. The lowest BCUT2D eigenvalue weighted by atomic mass is 9.93. The quantitative estimate of drug-likeness (QED) is 0.920. The molecule has 1 amide bonds. The standard InChI is InChI=1S/C16H17ClN2O2S/c1-10-5-6-13-14(7-10)22-16(18-13)19-15(20)9-21-12-4-2-3-11(17)8-12/h2-4,8,10H,5-7,9H2,1H3,(H,18,19,20)/t10-/m0/s1. The summed E-state index contributed by atoms with van der Waals surface area (Å²) in [6, 6.07) is 6.99. The predicted molar refractivity (Wildman–Crippen MR) is 88.9 cm³/mol. The highest BCUT2D eigenvalue weighted by Crippen LogP contribution is 2.32. The summed E-state index contributed by atoms with van der Waals surface area (Å²) in [5.41, 5.74) is 1.13. The molecule has 1 aliphatic rings. The van der Waals surface area contributed by atoms with Crippen molar-refractivity contribution < 1.29 is 9.53 Å². The summed E-state index contributed by atoms with van der Waals surface area (Å²) < 4.78 is 5.42. The second kappa shape index (κ2) is 6.67. The Bertz CT molecular complexity index is 687. The van der Waals surface area contributed by atoms with Crippen LogP contribution in [0, 0.1) is 5.92 Å². The highest BCUT2D eigenvalue weighted by molar-refractivity contribution is 7.15. The first-order valence-electron chi connectivity index (χ1n) is 7.27. The number of halogens is 1. The summed E-state index contributed by atoms with van der Waals surface area (Å²) in [5.74, 6) is 1.07. The molecule has 0 radical (unpaired) electrons. The number of carbonyl (C=O) groups is 1. The monoisotopic (exact) mass is 336 g/mol. The maximum Gasteiger partial charge on any atom is 0.264 e. The van der Waals surface area contributed by atoms with Crippen molar-refractivity contribution in [1.29, 1.82) is 0 Å². The van der Waals surface area contributed by atoms with E-state index in [9.17, 15) is 4.79 Å². The van der Waals surface area contributed by atoms with Gasteiger partial charge < -0.3 is 4.74 Å². The summed E-state index contributed by atoms with van der Waals surface area (Å²) in [7, 11) is 0. The SMILES string of the molecule is C[C@H]1CCc2nc(NC(=O)COc3cccc(Cl)c3)sc2C1. The topological polar surface area (TPSA) is 51.2 Å². The van der Waals surface area contributed by atoms with Gasteiger partial charge in [-0.2, -0.15) is 0 Å². The van der Waals surface area contributed by atoms with Crippen LogP contribution in [0.15, 0.2) is 24.3 Å². The van der Waals surface area contributed by atoms with Gasteiger partial charge in [0.15, 0.2) is 11.7 Å². The third-order valence-electron chi connectivity index (χ3n) is 3.60. The summed E-state index contributed by atoms with van der Waals surface area (Å²) >= 11 is 7.44. The molecule has 1 aromatic heterocycles. The number of ether oxygens (including phenoxy) is 1. The zero-order valence-electron chi connectivity index (χ0n) is 12.3. The number of fused-ring (bicyclic) bond motifs is 1. The van der Waals surface area contributed by atoms with Crippen LogP contribution in [0.3, 0.4) is 0 Å². The molecular weight excluding hydrogens is 320 g/mol. The highest BCUT2D eigenvalue weighted by atomic mass is 35.5. The van der Waals surface area contributed by atoms with Gasteiger partial charge in [0.1, 0.15) is 5.75 Å². The van der Waals surface area contributed by atoms with E-state index < -0.39 is 0 Å². The number of benzene rings is 1. The Morgan fingerprint density at radius 2 is 2.41 bits per heavy atom. The molecule has 1 aliphatic carbocycles. The van der Waals surface area contributed by atoms with E-state index in [2.05, 4.69) is 17.2 Å². The Morgan fingerprint density at radius 3 is 3.23 bits per heavy atom. The smallest absolute Gasteiger partial charge is 0.264 e. The van der Waals surface area contributed by atoms with E-state index in [4.69, 9.17) is 16.3 Å². The lowest BCUT2D eigenvalue weighted by Gasteiger charge is -2.15. The first-order chi connectivity index (χ1) is 10.6. The third-order valence-corrected chi connectivity index (χ3v) is 4.87. The van der Waals surface area contributed by atoms with E-state index in [1.165, 1.54) is 11.3 Å². The van der Waals surface area contributed by atoms with E-state index in [1.807, 2.05) is 0 Å². The second-order valence-corrected chi connectivity index (χ2v) is 7.05. The zero-order valence-corrected chi connectivity index (χ0v) is 13.8. The maximum atomic E-state index is 11.9. The van der Waals surface area contributed by atoms with Crippen LogP contribution in [0.25, 0.3) is 0 Å². The fourth-order valence-electron chi connectivity index (χ4n) is 2.45. The molecule has 22 heavy (non-hydrogen) atoms.